The fourth-order valence-electron chi connectivity index (χ4n) is 3.94. The van der Waals surface area contributed by atoms with Crippen LogP contribution in [0, 0.1) is 0 Å². The number of hydrogen-bond acceptors (Lipinski definition) is 6. The van der Waals surface area contributed by atoms with Crippen molar-refractivity contribution in [2.24, 2.45) is 0 Å². The molecule has 2 amide bonds. The maximum absolute atomic E-state index is 13.4. The molecule has 0 aliphatic carbocycles. The van der Waals surface area contributed by atoms with Gasteiger partial charge in [-0.3, -0.25) is 13.9 Å². The molecule has 10 heteroatoms. The molecule has 0 aliphatic heterocycles. The highest BCUT2D eigenvalue weighted by Gasteiger charge is 2.28. The molecule has 0 unspecified atom stereocenters. The van der Waals surface area contributed by atoms with Crippen molar-refractivity contribution in [2.45, 2.75) is 45.7 Å². The minimum absolute atomic E-state index is 0.0759. The maximum atomic E-state index is 13.4. The summed E-state index contributed by atoms with van der Waals surface area (Å²) in [6.07, 6.45) is 1.92. The summed E-state index contributed by atoms with van der Waals surface area (Å²) in [5.41, 5.74) is 1.29. The van der Waals surface area contributed by atoms with E-state index in [4.69, 9.17) is 9.47 Å². The number of sulfonamides is 1. The molecule has 2 rings (SSSR count). The Bertz CT molecular complexity index is 1100. The topological polar surface area (TPSA) is 105 Å². The number of methoxy groups -OCH3 is 1. The Morgan fingerprint density at radius 3 is 2.28 bits per heavy atom. The Kier molecular flexibility index (Phi) is 11.0. The lowest BCUT2D eigenvalue weighted by Crippen LogP contribution is -2.48. The zero-order valence-corrected chi connectivity index (χ0v) is 22.5. The van der Waals surface area contributed by atoms with Crippen molar-refractivity contribution in [1.82, 2.24) is 10.2 Å². The molecule has 0 aromatic heterocycles. The predicted octanol–water partition coefficient (Wildman–Crippen LogP) is 3.19. The highest BCUT2D eigenvalue weighted by atomic mass is 32.2. The van der Waals surface area contributed by atoms with Gasteiger partial charge in [0, 0.05) is 26.6 Å². The van der Waals surface area contributed by atoms with Crippen LogP contribution in [0.2, 0.25) is 0 Å². The van der Waals surface area contributed by atoms with Gasteiger partial charge in [0.25, 0.3) is 0 Å². The van der Waals surface area contributed by atoms with E-state index in [0.717, 1.165) is 11.8 Å². The molecule has 0 saturated heterocycles. The summed E-state index contributed by atoms with van der Waals surface area (Å²) in [5, 5.41) is 2.63. The number of ether oxygens (including phenoxy) is 2. The molecule has 0 bridgehead atoms. The minimum atomic E-state index is -3.62. The molecular formula is C26H37N3O6S. The van der Waals surface area contributed by atoms with Crippen molar-refractivity contribution in [3.63, 3.8) is 0 Å². The van der Waals surface area contributed by atoms with Gasteiger partial charge in [-0.1, -0.05) is 31.2 Å². The van der Waals surface area contributed by atoms with Crippen LogP contribution in [0.4, 0.5) is 5.69 Å². The summed E-state index contributed by atoms with van der Waals surface area (Å²) in [5.74, 6) is 0.683. The number of anilines is 1. The molecular weight excluding hydrogens is 482 g/mol. The zero-order chi connectivity index (χ0) is 26.7. The summed E-state index contributed by atoms with van der Waals surface area (Å²) in [4.78, 5) is 27.5. The van der Waals surface area contributed by atoms with Crippen molar-refractivity contribution in [1.29, 1.82) is 0 Å². The van der Waals surface area contributed by atoms with Gasteiger partial charge in [0.1, 0.15) is 17.5 Å². The molecule has 0 spiro atoms. The lowest BCUT2D eigenvalue weighted by atomic mass is 10.1. The van der Waals surface area contributed by atoms with Crippen LogP contribution in [0.1, 0.15) is 38.7 Å². The van der Waals surface area contributed by atoms with Gasteiger partial charge in [0.05, 0.1) is 25.7 Å². The van der Waals surface area contributed by atoms with Crippen LogP contribution in [0.15, 0.2) is 48.5 Å². The first-order valence-corrected chi connectivity index (χ1v) is 13.8. The number of nitrogens with one attached hydrogen (secondary N) is 1. The van der Waals surface area contributed by atoms with Crippen LogP contribution >= 0.6 is 0 Å². The van der Waals surface area contributed by atoms with Crippen molar-refractivity contribution < 1.29 is 27.5 Å². The summed E-state index contributed by atoms with van der Waals surface area (Å²) in [7, 11) is -0.496. The number of carbonyl (C=O) groups excluding carboxylic acids is 2. The van der Waals surface area contributed by atoms with Crippen LogP contribution < -0.4 is 19.1 Å². The minimum Gasteiger partial charge on any atom is -0.497 e. The van der Waals surface area contributed by atoms with Gasteiger partial charge in [-0.2, -0.15) is 0 Å². The molecule has 36 heavy (non-hydrogen) atoms. The number of amides is 2. The van der Waals surface area contributed by atoms with Crippen LogP contribution in [0.25, 0.3) is 0 Å². The van der Waals surface area contributed by atoms with Crippen LogP contribution in [0.5, 0.6) is 11.5 Å². The van der Waals surface area contributed by atoms with Crippen LogP contribution in [-0.2, 0) is 26.2 Å². The Balaban J connectivity index is 2.22. The van der Waals surface area contributed by atoms with E-state index >= 15 is 0 Å². The second kappa shape index (κ2) is 13.7. The SMILES string of the molecule is CCOc1ccccc1N(CCCC(=O)N(Cc1ccc(OC)cc1)[C@@H](CC)C(=O)NC)S(C)(=O)=O. The standard InChI is InChI=1S/C26H37N3O6S/c1-6-22(26(31)27-3)28(19-20-14-16-21(34-4)17-15-20)25(30)13-10-18-29(36(5,32)33)23-11-8-9-12-24(23)35-7-2/h8-9,11-12,14-17,22H,6-7,10,13,18-19H2,1-5H3,(H,27,31)/t22-/m0/s1. The number of rotatable bonds is 14. The molecule has 2 aromatic rings. The van der Waals surface area contributed by atoms with E-state index in [1.165, 1.54) is 4.31 Å². The molecule has 0 fully saturated rings. The largest absolute Gasteiger partial charge is 0.497 e. The highest BCUT2D eigenvalue weighted by molar-refractivity contribution is 7.92. The van der Waals surface area contributed by atoms with Crippen molar-refractivity contribution in [3.05, 3.63) is 54.1 Å². The molecule has 2 aromatic carbocycles. The smallest absolute Gasteiger partial charge is 0.242 e. The third-order valence-electron chi connectivity index (χ3n) is 5.73. The number of benzene rings is 2. The molecule has 0 radical (unpaired) electrons. The summed E-state index contributed by atoms with van der Waals surface area (Å²) in [6, 6.07) is 13.6. The number of carbonyl (C=O) groups is 2. The van der Waals surface area contributed by atoms with Gasteiger partial charge in [-0.05, 0) is 49.6 Å². The first kappa shape index (κ1) is 29.0. The fraction of sp³-hybridized carbons (Fsp3) is 0.462. The number of likely N-dealkylation sites (N-methyl/N-ethyl adjacent to an activating group) is 1. The maximum Gasteiger partial charge on any atom is 0.242 e. The van der Waals surface area contributed by atoms with Crippen molar-refractivity contribution in [2.75, 3.05) is 37.9 Å². The van der Waals surface area contributed by atoms with Gasteiger partial charge in [-0.25, -0.2) is 8.42 Å². The normalized spacial score (nSPS) is 11.9. The third-order valence-corrected chi connectivity index (χ3v) is 6.91. The number of para-hydroxylation sites is 2. The lowest BCUT2D eigenvalue weighted by Gasteiger charge is -2.31. The zero-order valence-electron chi connectivity index (χ0n) is 21.7. The van der Waals surface area contributed by atoms with Crippen molar-refractivity contribution in [3.8, 4) is 11.5 Å². The highest BCUT2D eigenvalue weighted by Crippen LogP contribution is 2.30. The first-order valence-electron chi connectivity index (χ1n) is 12.0. The van der Waals surface area contributed by atoms with Crippen molar-refractivity contribution >= 4 is 27.5 Å². The predicted molar refractivity (Wildman–Crippen MR) is 141 cm³/mol. The molecule has 198 valence electrons. The quantitative estimate of drug-likeness (QED) is 0.411. The molecule has 0 heterocycles. The summed E-state index contributed by atoms with van der Waals surface area (Å²) in [6.45, 7) is 4.42. The second-order valence-corrected chi connectivity index (χ2v) is 10.2. The molecule has 1 N–H and O–H groups in total. The molecule has 1 atom stereocenters. The van der Waals surface area contributed by atoms with Gasteiger partial charge in [-0.15, -0.1) is 0 Å². The number of nitrogens with zero attached hydrogens (tertiary/aromatic N) is 2. The Morgan fingerprint density at radius 2 is 1.72 bits per heavy atom. The average Bonchev–Trinajstić information content (AvgIpc) is 2.86. The van der Waals surface area contributed by atoms with Crippen LogP contribution in [-0.4, -0.2) is 64.7 Å². The van der Waals surface area contributed by atoms with E-state index < -0.39 is 16.1 Å². The van der Waals surface area contributed by atoms with Gasteiger partial charge in [0.15, 0.2) is 0 Å². The van der Waals surface area contributed by atoms with Gasteiger partial charge >= 0.3 is 0 Å². The Labute approximate surface area is 214 Å². The van der Waals surface area contributed by atoms with E-state index in [1.54, 1.807) is 55.5 Å². The summed E-state index contributed by atoms with van der Waals surface area (Å²) < 4.78 is 37.2. The number of hydrogen-bond donors (Lipinski definition) is 1. The first-order chi connectivity index (χ1) is 17.2. The average molecular weight is 520 g/mol. The van der Waals surface area contributed by atoms with E-state index in [2.05, 4.69) is 5.32 Å². The van der Waals surface area contributed by atoms with E-state index in [-0.39, 0.29) is 37.7 Å². The lowest BCUT2D eigenvalue weighted by molar-refractivity contribution is -0.141. The Morgan fingerprint density at radius 1 is 1.06 bits per heavy atom. The molecule has 9 nitrogen and oxygen atoms in total. The van der Waals surface area contributed by atoms with Gasteiger partial charge in [0.2, 0.25) is 21.8 Å². The van der Waals surface area contributed by atoms with E-state index in [9.17, 15) is 18.0 Å². The molecule has 0 aliphatic rings. The van der Waals surface area contributed by atoms with Crippen LogP contribution in [0.3, 0.4) is 0 Å². The van der Waals surface area contributed by atoms with Gasteiger partial charge < -0.3 is 19.7 Å². The van der Waals surface area contributed by atoms with E-state index in [1.807, 2.05) is 26.0 Å². The second-order valence-electron chi connectivity index (χ2n) is 8.25. The summed E-state index contributed by atoms with van der Waals surface area (Å²) >= 11 is 0. The third kappa shape index (κ3) is 7.87. The molecule has 0 saturated carbocycles. The fourth-order valence-corrected chi connectivity index (χ4v) is 4.91. The monoisotopic (exact) mass is 519 g/mol. The van der Waals surface area contributed by atoms with E-state index in [0.29, 0.717) is 30.2 Å². The Hall–Kier alpha value is -3.27.